The summed E-state index contributed by atoms with van der Waals surface area (Å²) < 4.78 is 25.0. The molecule has 10 nitrogen and oxygen atoms in total. The van der Waals surface area contributed by atoms with Crippen LogP contribution in [0.15, 0.2) is 173 Å². The predicted octanol–water partition coefficient (Wildman–Crippen LogP) is 10.3. The maximum atomic E-state index is 13.1. The molecule has 8 rings (SSSR count). The van der Waals surface area contributed by atoms with E-state index < -0.39 is 24.3 Å². The summed E-state index contributed by atoms with van der Waals surface area (Å²) in [6.07, 6.45) is -0.907. The summed E-state index contributed by atoms with van der Waals surface area (Å²) in [6.45, 7) is 2.33. The molecule has 0 saturated carbocycles. The summed E-state index contributed by atoms with van der Waals surface area (Å²) in [5.74, 6) is 0.725. The highest BCUT2D eigenvalue weighted by Crippen LogP contribution is 2.44. The summed E-state index contributed by atoms with van der Waals surface area (Å²) in [7, 11) is 1.31. The summed E-state index contributed by atoms with van der Waals surface area (Å²) in [4.78, 5) is 30.6. The first-order valence-electron chi connectivity index (χ1n) is 21.0. The second kappa shape index (κ2) is 20.6. The van der Waals surface area contributed by atoms with E-state index in [1.807, 2.05) is 164 Å². The number of aliphatic hydroxyl groups is 1. The van der Waals surface area contributed by atoms with Crippen molar-refractivity contribution in [3.8, 4) is 33.7 Å². The monoisotopic (exact) mass is 859 g/mol. The minimum absolute atomic E-state index is 0.0389. The van der Waals surface area contributed by atoms with Crippen LogP contribution in [0.2, 0.25) is 0 Å². The number of aromatic nitrogens is 1. The van der Waals surface area contributed by atoms with Crippen molar-refractivity contribution in [1.29, 1.82) is 0 Å². The molecule has 63 heavy (non-hydrogen) atoms. The van der Waals surface area contributed by atoms with Crippen molar-refractivity contribution in [3.05, 3.63) is 192 Å². The third kappa shape index (κ3) is 10.6. The van der Waals surface area contributed by atoms with Crippen LogP contribution in [0.4, 0.5) is 4.79 Å². The van der Waals surface area contributed by atoms with Crippen LogP contribution in [0.3, 0.4) is 0 Å². The zero-order valence-corrected chi connectivity index (χ0v) is 35.9. The van der Waals surface area contributed by atoms with Crippen LogP contribution < -0.4 is 10.6 Å². The van der Waals surface area contributed by atoms with Gasteiger partial charge in [0.25, 0.3) is 5.22 Å². The number of carbonyl (C=O) groups excluding carboxylic acids is 2. The lowest BCUT2D eigenvalue weighted by Gasteiger charge is -2.41. The van der Waals surface area contributed by atoms with E-state index in [4.69, 9.17) is 23.6 Å². The van der Waals surface area contributed by atoms with Gasteiger partial charge in [-0.25, -0.2) is 14.6 Å². The summed E-state index contributed by atoms with van der Waals surface area (Å²) in [5.41, 5.74) is 9.11. The fourth-order valence-electron chi connectivity index (χ4n) is 7.75. The average Bonchev–Trinajstić information content (AvgIpc) is 3.78. The van der Waals surface area contributed by atoms with Crippen molar-refractivity contribution < 1.29 is 33.3 Å². The van der Waals surface area contributed by atoms with Gasteiger partial charge in [0, 0.05) is 41.3 Å². The third-order valence-corrected chi connectivity index (χ3v) is 12.1. The van der Waals surface area contributed by atoms with Gasteiger partial charge in [-0.3, -0.25) is 0 Å². The number of urea groups is 1. The molecule has 5 atom stereocenters. The van der Waals surface area contributed by atoms with Crippen molar-refractivity contribution >= 4 is 23.8 Å². The van der Waals surface area contributed by atoms with Gasteiger partial charge in [0.2, 0.25) is 0 Å². The normalized spacial score (nSPS) is 17.7. The number of hydrogen-bond donors (Lipinski definition) is 3. The number of oxazole rings is 1. The van der Waals surface area contributed by atoms with E-state index in [-0.39, 0.29) is 31.3 Å². The molecule has 320 valence electrons. The molecule has 0 spiro atoms. The summed E-state index contributed by atoms with van der Waals surface area (Å²) in [5, 5.41) is 16.0. The quantitative estimate of drug-likeness (QED) is 0.0681. The Bertz CT molecular complexity index is 2510. The van der Waals surface area contributed by atoms with Crippen LogP contribution in [-0.4, -0.2) is 47.1 Å². The van der Waals surface area contributed by atoms with Crippen molar-refractivity contribution in [2.24, 2.45) is 5.92 Å². The minimum Gasteiger partial charge on any atom is -0.467 e. The summed E-state index contributed by atoms with van der Waals surface area (Å²) >= 11 is 1.52. The molecule has 11 heteroatoms. The lowest BCUT2D eigenvalue weighted by molar-refractivity contribution is -0.268. The van der Waals surface area contributed by atoms with Gasteiger partial charge >= 0.3 is 12.0 Å². The van der Waals surface area contributed by atoms with Crippen LogP contribution in [0.25, 0.3) is 33.7 Å². The lowest BCUT2D eigenvalue weighted by atomic mass is 9.91. The van der Waals surface area contributed by atoms with Gasteiger partial charge in [-0.2, -0.15) is 0 Å². The zero-order chi connectivity index (χ0) is 43.5. The van der Waals surface area contributed by atoms with E-state index in [0.29, 0.717) is 17.4 Å². The second-order valence-electron chi connectivity index (χ2n) is 15.4. The topological polar surface area (TPSA) is 132 Å². The van der Waals surface area contributed by atoms with Crippen LogP contribution in [0.5, 0.6) is 0 Å². The van der Waals surface area contributed by atoms with Gasteiger partial charge in [-0.1, -0.05) is 182 Å². The van der Waals surface area contributed by atoms with Gasteiger partial charge in [-0.05, 0) is 33.4 Å². The molecule has 0 radical (unpaired) electrons. The first-order valence-corrected chi connectivity index (χ1v) is 21.9. The molecule has 1 aliphatic heterocycles. The molecule has 1 aromatic heterocycles. The molecule has 2 amide bonds. The number of hydrogen-bond acceptors (Lipinski definition) is 9. The Labute approximate surface area is 371 Å². The Kier molecular flexibility index (Phi) is 14.1. The van der Waals surface area contributed by atoms with Crippen LogP contribution >= 0.6 is 11.8 Å². The van der Waals surface area contributed by atoms with Crippen molar-refractivity contribution in [1.82, 2.24) is 15.6 Å². The molecule has 1 fully saturated rings. The number of thioether (sulfide) groups is 1. The van der Waals surface area contributed by atoms with Crippen molar-refractivity contribution in [2.45, 2.75) is 56.3 Å². The van der Waals surface area contributed by atoms with E-state index in [1.54, 1.807) is 0 Å². The van der Waals surface area contributed by atoms with Crippen molar-refractivity contribution in [3.63, 3.8) is 0 Å². The zero-order valence-electron chi connectivity index (χ0n) is 35.1. The predicted molar refractivity (Wildman–Crippen MR) is 244 cm³/mol. The number of amides is 2. The molecule has 0 aliphatic carbocycles. The number of rotatable bonds is 15. The van der Waals surface area contributed by atoms with E-state index in [1.165, 1.54) is 18.9 Å². The number of aliphatic hydroxyl groups excluding tert-OH is 1. The third-order valence-electron chi connectivity index (χ3n) is 11.2. The lowest BCUT2D eigenvalue weighted by Crippen LogP contribution is -2.47. The Morgan fingerprint density at radius 1 is 0.730 bits per heavy atom. The molecule has 7 aromatic rings. The largest absolute Gasteiger partial charge is 0.467 e. The van der Waals surface area contributed by atoms with Gasteiger partial charge in [0.1, 0.15) is 11.7 Å². The average molecular weight is 860 g/mol. The number of benzene rings is 6. The number of carbonyl (C=O) groups is 2. The molecule has 1 aliphatic rings. The van der Waals surface area contributed by atoms with E-state index in [0.717, 1.165) is 61.5 Å². The highest BCUT2D eigenvalue weighted by Gasteiger charge is 2.39. The van der Waals surface area contributed by atoms with E-state index >= 15 is 0 Å². The highest BCUT2D eigenvalue weighted by molar-refractivity contribution is 7.99. The molecule has 1 saturated heterocycles. The van der Waals surface area contributed by atoms with Gasteiger partial charge in [-0.15, -0.1) is 0 Å². The Balaban J connectivity index is 0.991. The molecule has 3 N–H and O–H groups in total. The number of nitrogens with zero attached hydrogens (tertiary/aromatic N) is 1. The first kappa shape index (κ1) is 43.2. The van der Waals surface area contributed by atoms with E-state index in [9.17, 15) is 14.7 Å². The number of nitrogens with one attached hydrogen (secondary N) is 2. The molecular weight excluding hydrogens is 811 g/mol. The number of methoxy groups -OCH3 is 1. The van der Waals surface area contributed by atoms with Crippen LogP contribution in [-0.2, 0) is 38.6 Å². The fourth-order valence-corrected chi connectivity index (χ4v) is 8.74. The maximum absolute atomic E-state index is 13.1. The van der Waals surface area contributed by atoms with Crippen molar-refractivity contribution in [2.75, 3.05) is 12.9 Å². The van der Waals surface area contributed by atoms with E-state index in [2.05, 4.69) is 17.6 Å². The first-order chi connectivity index (χ1) is 30.9. The molecule has 5 unspecified atom stereocenters. The molecule has 6 aromatic carbocycles. The Morgan fingerprint density at radius 2 is 1.37 bits per heavy atom. The van der Waals surface area contributed by atoms with Crippen LogP contribution in [0, 0.1) is 5.92 Å². The number of esters is 1. The SMILES string of the molecule is COC(=O)C(Cc1ccccc1)NC(=O)NCc1ccccc1-c1ccc(C2OC(CSc3nc(-c4ccccc4)c(-c4ccccc4)o3)C(C)C(c3ccc(CO)cc3)O2)cc1. The fraction of sp³-hybridized carbons (Fsp3) is 0.212. The Hall–Kier alpha value is -6.50. The maximum Gasteiger partial charge on any atom is 0.328 e. The Morgan fingerprint density at radius 3 is 2.05 bits per heavy atom. The summed E-state index contributed by atoms with van der Waals surface area (Å²) in [6, 6.07) is 52.1. The second-order valence-corrected chi connectivity index (χ2v) is 16.4. The smallest absolute Gasteiger partial charge is 0.328 e. The highest BCUT2D eigenvalue weighted by atomic mass is 32.2. The van der Waals surface area contributed by atoms with Gasteiger partial charge < -0.3 is 34.4 Å². The molecular formula is C52H49N3O7S. The van der Waals surface area contributed by atoms with Crippen LogP contribution in [0.1, 0.15) is 47.1 Å². The standard InChI is InChI=1S/C52H49N3O7S/c1-34-45(33-63-52-55-46(38-16-8-4-9-17-38)48(62-52)39-18-10-5-11-19-39)60-50(61-47(34)40-24-22-36(32-56)23-25-40)41-28-26-37(27-29-41)43-21-13-12-20-42(43)31-53-51(58)54-44(49(57)59-2)30-35-14-6-3-7-15-35/h3-29,34,44-45,47,50,56H,30-33H2,1-2H3,(H2,53,54,58). The minimum atomic E-state index is -0.841. The van der Waals surface area contributed by atoms with Gasteiger partial charge in [0.15, 0.2) is 12.1 Å². The molecule has 2 heterocycles. The van der Waals surface area contributed by atoms with Gasteiger partial charge in [0.05, 0.1) is 25.9 Å². The molecule has 0 bridgehead atoms. The number of ether oxygens (including phenoxy) is 3.